The molecule has 0 radical (unpaired) electrons. The van der Waals surface area contributed by atoms with Crippen molar-refractivity contribution in [1.82, 2.24) is 5.01 Å². The SMILES string of the molecule is Cc1cccc(C2=NN(C(=O)CCCc3ccccc3)C(C)(C)C2)c1C. The van der Waals surface area contributed by atoms with Gasteiger partial charge in [-0.3, -0.25) is 4.79 Å². The van der Waals surface area contributed by atoms with Crippen LogP contribution >= 0.6 is 0 Å². The summed E-state index contributed by atoms with van der Waals surface area (Å²) in [5.41, 5.74) is 5.71. The predicted molar refractivity (Wildman–Crippen MR) is 107 cm³/mol. The van der Waals surface area contributed by atoms with E-state index in [1.165, 1.54) is 16.7 Å². The van der Waals surface area contributed by atoms with Crippen molar-refractivity contribution in [3.63, 3.8) is 0 Å². The van der Waals surface area contributed by atoms with E-state index in [9.17, 15) is 4.79 Å². The van der Waals surface area contributed by atoms with E-state index in [2.05, 4.69) is 58.0 Å². The van der Waals surface area contributed by atoms with E-state index in [1.807, 2.05) is 18.2 Å². The fourth-order valence-corrected chi connectivity index (χ4v) is 3.58. The van der Waals surface area contributed by atoms with E-state index in [1.54, 1.807) is 5.01 Å². The number of nitrogens with zero attached hydrogens (tertiary/aromatic N) is 2. The van der Waals surface area contributed by atoms with Crippen molar-refractivity contribution in [1.29, 1.82) is 0 Å². The summed E-state index contributed by atoms with van der Waals surface area (Å²) in [6, 6.07) is 16.6. The number of carbonyl (C=O) groups excluding carboxylic acids is 1. The highest BCUT2D eigenvalue weighted by Gasteiger charge is 2.38. The fourth-order valence-electron chi connectivity index (χ4n) is 3.58. The number of aryl methyl sites for hydroxylation is 2. The maximum atomic E-state index is 12.8. The molecule has 3 rings (SSSR count). The second-order valence-corrected chi connectivity index (χ2v) is 7.83. The number of rotatable bonds is 5. The molecule has 1 aliphatic heterocycles. The van der Waals surface area contributed by atoms with Crippen LogP contribution in [0.2, 0.25) is 0 Å². The molecule has 1 amide bonds. The third kappa shape index (κ3) is 3.87. The molecule has 0 N–H and O–H groups in total. The molecule has 136 valence electrons. The van der Waals surface area contributed by atoms with Crippen molar-refractivity contribution in [2.45, 2.75) is 58.9 Å². The molecule has 1 aliphatic rings. The van der Waals surface area contributed by atoms with Crippen molar-refractivity contribution >= 4 is 11.6 Å². The molecule has 0 bridgehead atoms. The van der Waals surface area contributed by atoms with E-state index < -0.39 is 0 Å². The summed E-state index contributed by atoms with van der Waals surface area (Å²) in [4.78, 5) is 12.8. The van der Waals surface area contributed by atoms with Crippen LogP contribution in [0, 0.1) is 13.8 Å². The zero-order valence-corrected chi connectivity index (χ0v) is 16.2. The van der Waals surface area contributed by atoms with Crippen molar-refractivity contribution in [3.8, 4) is 0 Å². The second-order valence-electron chi connectivity index (χ2n) is 7.83. The van der Waals surface area contributed by atoms with Gasteiger partial charge in [0.15, 0.2) is 0 Å². The molecule has 3 nitrogen and oxygen atoms in total. The first kappa shape index (κ1) is 18.4. The lowest BCUT2D eigenvalue weighted by Gasteiger charge is -2.28. The molecule has 3 heteroatoms. The Morgan fingerprint density at radius 2 is 1.81 bits per heavy atom. The molecule has 0 fully saturated rings. The minimum Gasteiger partial charge on any atom is -0.273 e. The Labute approximate surface area is 156 Å². The lowest BCUT2D eigenvalue weighted by Crippen LogP contribution is -2.40. The third-order valence-electron chi connectivity index (χ3n) is 5.24. The van der Waals surface area contributed by atoms with Crippen LogP contribution in [0.15, 0.2) is 53.6 Å². The zero-order chi connectivity index (χ0) is 18.7. The maximum Gasteiger partial charge on any atom is 0.243 e. The normalized spacial score (nSPS) is 15.8. The molecule has 0 aliphatic carbocycles. The molecular weight excluding hydrogens is 320 g/mol. The molecule has 0 atom stereocenters. The van der Waals surface area contributed by atoms with Crippen LogP contribution in [0.1, 0.15) is 55.4 Å². The number of benzene rings is 2. The number of hydrogen-bond acceptors (Lipinski definition) is 2. The topological polar surface area (TPSA) is 32.7 Å². The lowest BCUT2D eigenvalue weighted by atomic mass is 9.91. The number of amides is 1. The summed E-state index contributed by atoms with van der Waals surface area (Å²) < 4.78 is 0. The summed E-state index contributed by atoms with van der Waals surface area (Å²) >= 11 is 0. The average Bonchev–Trinajstić information content (AvgIpc) is 2.93. The van der Waals surface area contributed by atoms with Crippen LogP contribution < -0.4 is 0 Å². The van der Waals surface area contributed by atoms with Gasteiger partial charge in [0.2, 0.25) is 5.91 Å². The minimum atomic E-state index is -0.269. The van der Waals surface area contributed by atoms with Crippen molar-refractivity contribution in [3.05, 3.63) is 70.8 Å². The van der Waals surface area contributed by atoms with Crippen LogP contribution in [0.25, 0.3) is 0 Å². The van der Waals surface area contributed by atoms with Gasteiger partial charge in [0.1, 0.15) is 0 Å². The zero-order valence-electron chi connectivity index (χ0n) is 16.2. The lowest BCUT2D eigenvalue weighted by molar-refractivity contribution is -0.135. The largest absolute Gasteiger partial charge is 0.273 e. The average molecular weight is 348 g/mol. The maximum absolute atomic E-state index is 12.8. The Morgan fingerprint density at radius 1 is 1.08 bits per heavy atom. The van der Waals surface area contributed by atoms with Gasteiger partial charge in [-0.2, -0.15) is 5.10 Å². The second kappa shape index (κ2) is 7.45. The first-order valence-electron chi connectivity index (χ1n) is 9.39. The Morgan fingerprint density at radius 3 is 2.54 bits per heavy atom. The summed E-state index contributed by atoms with van der Waals surface area (Å²) in [5, 5.41) is 6.46. The Bertz CT molecular complexity index is 821. The van der Waals surface area contributed by atoms with Gasteiger partial charge in [-0.1, -0.05) is 48.5 Å². The van der Waals surface area contributed by atoms with Crippen LogP contribution in [0.3, 0.4) is 0 Å². The molecule has 1 heterocycles. The first-order chi connectivity index (χ1) is 12.4. The van der Waals surface area contributed by atoms with E-state index >= 15 is 0 Å². The molecule has 0 unspecified atom stereocenters. The molecule has 2 aromatic carbocycles. The molecule has 0 aromatic heterocycles. The molecule has 0 saturated heterocycles. The third-order valence-corrected chi connectivity index (χ3v) is 5.24. The number of carbonyl (C=O) groups is 1. The van der Waals surface area contributed by atoms with Gasteiger partial charge in [0.05, 0.1) is 11.3 Å². The van der Waals surface area contributed by atoms with Crippen LogP contribution in [-0.2, 0) is 11.2 Å². The van der Waals surface area contributed by atoms with Gasteiger partial charge in [-0.15, -0.1) is 0 Å². The smallest absolute Gasteiger partial charge is 0.243 e. The molecule has 2 aromatic rings. The monoisotopic (exact) mass is 348 g/mol. The predicted octanol–water partition coefficient (Wildman–Crippen LogP) is 5.04. The van der Waals surface area contributed by atoms with Gasteiger partial charge >= 0.3 is 0 Å². The van der Waals surface area contributed by atoms with Crippen molar-refractivity contribution < 1.29 is 4.79 Å². The summed E-state index contributed by atoms with van der Waals surface area (Å²) in [6.07, 6.45) is 3.10. The van der Waals surface area contributed by atoms with Gasteiger partial charge in [-0.05, 0) is 57.2 Å². The van der Waals surface area contributed by atoms with Gasteiger partial charge in [-0.25, -0.2) is 5.01 Å². The van der Waals surface area contributed by atoms with Crippen LogP contribution in [0.4, 0.5) is 0 Å². The van der Waals surface area contributed by atoms with E-state index in [4.69, 9.17) is 5.10 Å². The summed E-state index contributed by atoms with van der Waals surface area (Å²) in [6.45, 7) is 8.45. The van der Waals surface area contributed by atoms with Crippen LogP contribution in [-0.4, -0.2) is 22.2 Å². The van der Waals surface area contributed by atoms with Crippen molar-refractivity contribution in [2.24, 2.45) is 5.10 Å². The summed E-state index contributed by atoms with van der Waals surface area (Å²) in [7, 11) is 0. The van der Waals surface area contributed by atoms with E-state index in [0.717, 1.165) is 30.5 Å². The molecule has 0 saturated carbocycles. The number of hydrogen-bond donors (Lipinski definition) is 0. The Kier molecular flexibility index (Phi) is 5.26. The van der Waals surface area contributed by atoms with Gasteiger partial charge in [0, 0.05) is 18.4 Å². The summed E-state index contributed by atoms with van der Waals surface area (Å²) in [5.74, 6) is 0.117. The molecule has 0 spiro atoms. The fraction of sp³-hybridized carbons (Fsp3) is 0.391. The Balaban J connectivity index is 1.70. The number of hydrazone groups is 1. The van der Waals surface area contributed by atoms with Crippen LogP contribution in [0.5, 0.6) is 0 Å². The minimum absolute atomic E-state index is 0.117. The first-order valence-corrected chi connectivity index (χ1v) is 9.39. The van der Waals surface area contributed by atoms with Gasteiger partial charge in [0.25, 0.3) is 0 Å². The van der Waals surface area contributed by atoms with E-state index in [0.29, 0.717) is 6.42 Å². The highest BCUT2D eigenvalue weighted by Crippen LogP contribution is 2.31. The highest BCUT2D eigenvalue weighted by atomic mass is 16.2. The van der Waals surface area contributed by atoms with E-state index in [-0.39, 0.29) is 11.4 Å². The molecular formula is C23H28N2O. The van der Waals surface area contributed by atoms with Gasteiger partial charge < -0.3 is 0 Å². The highest BCUT2D eigenvalue weighted by molar-refractivity contribution is 6.04. The quantitative estimate of drug-likeness (QED) is 0.745. The Hall–Kier alpha value is -2.42. The standard InChI is InChI=1S/C23H28N2O/c1-17-10-8-14-20(18(17)2)21-16-23(3,4)25(24-21)22(26)15-9-13-19-11-6-5-7-12-19/h5-8,10-12,14H,9,13,15-16H2,1-4H3. The molecule has 26 heavy (non-hydrogen) atoms. The van der Waals surface area contributed by atoms with Crippen molar-refractivity contribution in [2.75, 3.05) is 0 Å².